The van der Waals surface area contributed by atoms with E-state index in [-0.39, 0.29) is 30.0 Å². The number of benzene rings is 1. The van der Waals surface area contributed by atoms with E-state index in [9.17, 15) is 9.59 Å². The normalized spacial score (nSPS) is 30.3. The van der Waals surface area contributed by atoms with Crippen molar-refractivity contribution in [2.45, 2.75) is 56.4 Å². The van der Waals surface area contributed by atoms with Crippen LogP contribution in [0.5, 0.6) is 0 Å². The van der Waals surface area contributed by atoms with Gasteiger partial charge in [-0.1, -0.05) is 30.2 Å². The molecule has 1 unspecified atom stereocenters. The Morgan fingerprint density at radius 2 is 2.03 bits per heavy atom. The Kier molecular flexibility index (Phi) is 5.37. The minimum absolute atomic E-state index is 0.0201. The highest BCUT2D eigenvalue weighted by Crippen LogP contribution is 2.53. The average molecular weight is 501 g/mol. The number of hydrogen-bond acceptors (Lipinski definition) is 8. The SMILES string of the molecule is C[C@@]12OC(c3ccc(Cl)cc3)O[C@@H]1[C@@H](COC(=O)C1CCC1)O[C@H]2c1ccc2c(=O)[nH]c(N)nn12. The molecule has 6 rings (SSSR count). The third kappa shape index (κ3) is 3.72. The quantitative estimate of drug-likeness (QED) is 0.511. The van der Waals surface area contributed by atoms with E-state index in [0.29, 0.717) is 16.2 Å². The number of fused-ring (bicyclic) bond motifs is 2. The molecule has 1 aliphatic carbocycles. The van der Waals surface area contributed by atoms with Crippen molar-refractivity contribution in [1.29, 1.82) is 0 Å². The number of nitrogens with one attached hydrogen (secondary N) is 1. The molecule has 3 aliphatic rings. The molecule has 35 heavy (non-hydrogen) atoms. The maximum atomic E-state index is 12.4. The fraction of sp³-hybridized carbons (Fsp3) is 0.458. The number of carbonyl (C=O) groups excluding carboxylic acids is 1. The molecule has 0 radical (unpaired) electrons. The van der Waals surface area contributed by atoms with Crippen molar-refractivity contribution < 1.29 is 23.7 Å². The van der Waals surface area contributed by atoms with Crippen LogP contribution >= 0.6 is 11.6 Å². The van der Waals surface area contributed by atoms with Gasteiger partial charge in [0, 0.05) is 10.6 Å². The smallest absolute Gasteiger partial charge is 0.309 e. The van der Waals surface area contributed by atoms with E-state index in [1.807, 2.05) is 19.1 Å². The van der Waals surface area contributed by atoms with Gasteiger partial charge in [0.2, 0.25) is 5.95 Å². The molecular weight excluding hydrogens is 476 g/mol. The number of nitrogens with two attached hydrogens (primary N) is 1. The Morgan fingerprint density at radius 3 is 2.74 bits per heavy atom. The van der Waals surface area contributed by atoms with Gasteiger partial charge < -0.3 is 24.7 Å². The second-order valence-corrected chi connectivity index (χ2v) is 9.89. The molecule has 2 aromatic heterocycles. The lowest BCUT2D eigenvalue weighted by molar-refractivity contribution is -0.171. The van der Waals surface area contributed by atoms with Crippen molar-refractivity contribution in [3.05, 3.63) is 63.0 Å². The molecule has 184 valence electrons. The number of rotatable bonds is 5. The van der Waals surface area contributed by atoms with Gasteiger partial charge in [0.1, 0.15) is 36.0 Å². The topological polar surface area (TPSA) is 130 Å². The Hall–Kier alpha value is -2.92. The zero-order chi connectivity index (χ0) is 24.3. The molecule has 2 aliphatic heterocycles. The van der Waals surface area contributed by atoms with E-state index in [0.717, 1.165) is 24.8 Å². The predicted octanol–water partition coefficient (Wildman–Crippen LogP) is 2.91. The number of aromatic nitrogens is 3. The molecule has 0 spiro atoms. The van der Waals surface area contributed by atoms with Crippen LogP contribution < -0.4 is 11.3 Å². The summed E-state index contributed by atoms with van der Waals surface area (Å²) in [6.07, 6.45) is 0.260. The van der Waals surface area contributed by atoms with Gasteiger partial charge in [-0.25, -0.2) is 4.52 Å². The highest BCUT2D eigenvalue weighted by Gasteiger charge is 2.63. The van der Waals surface area contributed by atoms with Gasteiger partial charge in [-0.05, 0) is 44.0 Å². The van der Waals surface area contributed by atoms with E-state index in [4.69, 9.17) is 36.3 Å². The second-order valence-electron chi connectivity index (χ2n) is 9.45. The first-order chi connectivity index (χ1) is 16.8. The largest absolute Gasteiger partial charge is 0.463 e. The highest BCUT2D eigenvalue weighted by atomic mass is 35.5. The van der Waals surface area contributed by atoms with Crippen LogP contribution in [-0.2, 0) is 23.7 Å². The number of aromatic amines is 1. The standard InChI is InChI=1S/C24H25ClN4O6/c1-24-18(15-9-10-16-20(30)27-23(26)28-29(15)16)33-17(11-32-21(31)12-3-2-4-12)19(24)34-22(35-24)13-5-7-14(25)8-6-13/h5-10,12,17-19,22H,2-4,11H2,1H3,(H3,26,27,28,30)/t17-,18+,19-,22?,24+/m1/s1. The van der Waals surface area contributed by atoms with Gasteiger partial charge in [-0.15, -0.1) is 5.10 Å². The van der Waals surface area contributed by atoms with Crippen LogP contribution in [0.15, 0.2) is 41.2 Å². The molecule has 0 bridgehead atoms. The van der Waals surface area contributed by atoms with Gasteiger partial charge in [0.05, 0.1) is 11.6 Å². The molecule has 3 N–H and O–H groups in total. The molecule has 3 aromatic rings. The molecule has 1 aromatic carbocycles. The highest BCUT2D eigenvalue weighted by molar-refractivity contribution is 6.30. The maximum absolute atomic E-state index is 12.4. The number of nitrogen functional groups attached to an aromatic ring is 1. The van der Waals surface area contributed by atoms with Crippen molar-refractivity contribution in [3.63, 3.8) is 0 Å². The molecule has 4 heterocycles. The lowest BCUT2D eigenvalue weighted by atomic mass is 9.86. The molecule has 11 heteroatoms. The van der Waals surface area contributed by atoms with E-state index >= 15 is 0 Å². The summed E-state index contributed by atoms with van der Waals surface area (Å²) in [5.41, 5.74) is 6.18. The van der Waals surface area contributed by atoms with Crippen molar-refractivity contribution >= 4 is 29.0 Å². The van der Waals surface area contributed by atoms with Crippen molar-refractivity contribution in [3.8, 4) is 0 Å². The Morgan fingerprint density at radius 1 is 1.26 bits per heavy atom. The Balaban J connectivity index is 1.34. The minimum Gasteiger partial charge on any atom is -0.463 e. The van der Waals surface area contributed by atoms with Crippen LogP contribution in [0.25, 0.3) is 5.52 Å². The number of hydrogen-bond donors (Lipinski definition) is 2. The zero-order valence-electron chi connectivity index (χ0n) is 19.0. The molecule has 3 fully saturated rings. The molecule has 2 saturated heterocycles. The average Bonchev–Trinajstić information content (AvgIpc) is 3.42. The second kappa shape index (κ2) is 8.34. The summed E-state index contributed by atoms with van der Waals surface area (Å²) in [6.45, 7) is 1.92. The molecule has 10 nitrogen and oxygen atoms in total. The molecule has 1 saturated carbocycles. The van der Waals surface area contributed by atoms with Crippen molar-refractivity contribution in [1.82, 2.24) is 14.6 Å². The van der Waals surface area contributed by atoms with Crippen LogP contribution in [0.2, 0.25) is 5.02 Å². The summed E-state index contributed by atoms with van der Waals surface area (Å²) in [7, 11) is 0. The minimum atomic E-state index is -0.967. The van der Waals surface area contributed by atoms with Crippen LogP contribution in [0.3, 0.4) is 0 Å². The van der Waals surface area contributed by atoms with E-state index in [1.54, 1.807) is 24.3 Å². The third-order valence-corrected chi connectivity index (χ3v) is 7.42. The van der Waals surface area contributed by atoms with Gasteiger partial charge in [-0.3, -0.25) is 14.6 Å². The van der Waals surface area contributed by atoms with Gasteiger partial charge >= 0.3 is 5.97 Å². The first-order valence-corrected chi connectivity index (χ1v) is 12.0. The first-order valence-electron chi connectivity index (χ1n) is 11.6. The summed E-state index contributed by atoms with van der Waals surface area (Å²) in [5.74, 6) is -0.282. The Labute approximate surface area is 205 Å². The van der Waals surface area contributed by atoms with Crippen molar-refractivity contribution in [2.24, 2.45) is 5.92 Å². The Bertz CT molecular complexity index is 1340. The lowest BCUT2D eigenvalue weighted by Crippen LogP contribution is -2.41. The van der Waals surface area contributed by atoms with Crippen LogP contribution in [0.4, 0.5) is 5.95 Å². The fourth-order valence-electron chi connectivity index (χ4n) is 5.06. The van der Waals surface area contributed by atoms with Gasteiger partial charge in [0.25, 0.3) is 5.56 Å². The summed E-state index contributed by atoms with van der Waals surface area (Å²) < 4.78 is 26.3. The third-order valence-electron chi connectivity index (χ3n) is 7.17. The number of H-pyrrole nitrogens is 1. The summed E-state index contributed by atoms with van der Waals surface area (Å²) >= 11 is 6.05. The number of halogens is 1. The maximum Gasteiger partial charge on any atom is 0.309 e. The monoisotopic (exact) mass is 500 g/mol. The van der Waals surface area contributed by atoms with Crippen molar-refractivity contribution in [2.75, 3.05) is 12.3 Å². The number of anilines is 1. The fourth-order valence-corrected chi connectivity index (χ4v) is 5.19. The molecule has 5 atom stereocenters. The van der Waals surface area contributed by atoms with E-state index in [2.05, 4.69) is 10.1 Å². The summed E-state index contributed by atoms with van der Waals surface area (Å²) in [4.78, 5) is 27.3. The van der Waals surface area contributed by atoms with Gasteiger partial charge in [0.15, 0.2) is 6.29 Å². The lowest BCUT2D eigenvalue weighted by Gasteiger charge is -2.27. The van der Waals surface area contributed by atoms with Crippen LogP contribution in [0, 0.1) is 5.92 Å². The number of ether oxygens (including phenoxy) is 4. The predicted molar refractivity (Wildman–Crippen MR) is 125 cm³/mol. The van der Waals surface area contributed by atoms with E-state index in [1.165, 1.54) is 4.52 Å². The van der Waals surface area contributed by atoms with Crippen LogP contribution in [-0.4, -0.2) is 45.0 Å². The molecule has 0 amide bonds. The number of carbonyl (C=O) groups is 1. The zero-order valence-corrected chi connectivity index (χ0v) is 19.7. The van der Waals surface area contributed by atoms with Gasteiger partial charge in [-0.2, -0.15) is 0 Å². The number of nitrogens with zero attached hydrogens (tertiary/aromatic N) is 2. The first kappa shape index (κ1) is 22.5. The summed E-state index contributed by atoms with van der Waals surface area (Å²) in [6, 6.07) is 10.6. The van der Waals surface area contributed by atoms with Crippen LogP contribution in [0.1, 0.15) is 49.8 Å². The molecular formula is C24H25ClN4O6. The van der Waals surface area contributed by atoms with E-state index < -0.39 is 30.2 Å². The summed E-state index contributed by atoms with van der Waals surface area (Å²) in [5, 5.41) is 4.88. The number of esters is 1.